The Balaban J connectivity index is 2.67. The molecule has 5 heteroatoms. The van der Waals surface area contributed by atoms with Crippen molar-refractivity contribution >= 4 is 23.2 Å². The number of carbonyl (C=O) groups excluding carboxylic acids is 2. The Morgan fingerprint density at radius 3 is 2.56 bits per heavy atom. The molecular formula is C13H20N2O2S. The van der Waals surface area contributed by atoms with Crippen molar-refractivity contribution in [2.45, 2.75) is 33.4 Å². The monoisotopic (exact) mass is 268 g/mol. The summed E-state index contributed by atoms with van der Waals surface area (Å²) in [5.41, 5.74) is 1.11. The molecule has 0 saturated heterocycles. The van der Waals surface area contributed by atoms with Crippen LogP contribution in [0.2, 0.25) is 0 Å². The molecule has 0 saturated carbocycles. The lowest BCUT2D eigenvalue weighted by Crippen LogP contribution is -2.49. The molecule has 0 bridgehead atoms. The normalized spacial score (nSPS) is 12.3. The first-order valence-electron chi connectivity index (χ1n) is 5.95. The molecule has 1 aromatic heterocycles. The summed E-state index contributed by atoms with van der Waals surface area (Å²) in [6.07, 6.45) is 0. The van der Waals surface area contributed by atoms with Gasteiger partial charge in [0.1, 0.15) is 6.04 Å². The predicted octanol–water partition coefficient (Wildman–Crippen LogP) is 1.87. The zero-order valence-corrected chi connectivity index (χ0v) is 12.1. The molecule has 0 radical (unpaired) electrons. The third kappa shape index (κ3) is 4.14. The van der Waals surface area contributed by atoms with Crippen LogP contribution in [0, 0.1) is 5.92 Å². The van der Waals surface area contributed by atoms with Crippen molar-refractivity contribution in [3.05, 3.63) is 22.4 Å². The maximum absolute atomic E-state index is 12.3. The van der Waals surface area contributed by atoms with E-state index in [1.54, 1.807) is 23.3 Å². The quantitative estimate of drug-likeness (QED) is 0.886. The van der Waals surface area contributed by atoms with Gasteiger partial charge in [0, 0.05) is 20.5 Å². The number of rotatable bonds is 5. The highest BCUT2D eigenvalue weighted by atomic mass is 32.1. The number of thiophene rings is 1. The summed E-state index contributed by atoms with van der Waals surface area (Å²) in [6.45, 7) is 5.86. The Hall–Kier alpha value is -1.36. The average molecular weight is 268 g/mol. The minimum absolute atomic E-state index is 0.0496. The van der Waals surface area contributed by atoms with Crippen molar-refractivity contribution in [2.75, 3.05) is 7.05 Å². The van der Waals surface area contributed by atoms with E-state index in [-0.39, 0.29) is 17.7 Å². The molecule has 1 atom stereocenters. The van der Waals surface area contributed by atoms with Crippen molar-refractivity contribution in [2.24, 2.45) is 5.92 Å². The van der Waals surface area contributed by atoms with Crippen molar-refractivity contribution in [3.63, 3.8) is 0 Å². The maximum Gasteiger partial charge on any atom is 0.245 e. The molecule has 1 unspecified atom stereocenters. The van der Waals surface area contributed by atoms with E-state index in [1.807, 2.05) is 30.7 Å². The number of hydrogen-bond acceptors (Lipinski definition) is 3. The molecule has 0 aliphatic heterocycles. The van der Waals surface area contributed by atoms with E-state index in [0.29, 0.717) is 6.54 Å². The largest absolute Gasteiger partial charge is 0.344 e. The van der Waals surface area contributed by atoms with Crippen LogP contribution in [-0.4, -0.2) is 29.8 Å². The molecule has 100 valence electrons. The lowest BCUT2D eigenvalue weighted by Gasteiger charge is -2.26. The SMILES string of the molecule is CC(=O)NC(C(=O)N(C)Cc1ccsc1)C(C)C. The number of likely N-dealkylation sites (N-methyl/N-ethyl adjacent to an activating group) is 1. The van der Waals surface area contributed by atoms with Gasteiger partial charge in [-0.2, -0.15) is 11.3 Å². The van der Waals surface area contributed by atoms with E-state index in [0.717, 1.165) is 5.56 Å². The van der Waals surface area contributed by atoms with Gasteiger partial charge in [0.05, 0.1) is 0 Å². The molecule has 18 heavy (non-hydrogen) atoms. The molecule has 0 aliphatic carbocycles. The lowest BCUT2D eigenvalue weighted by atomic mass is 10.0. The van der Waals surface area contributed by atoms with Gasteiger partial charge in [-0.25, -0.2) is 0 Å². The summed E-state index contributed by atoms with van der Waals surface area (Å²) in [5, 5.41) is 6.72. The van der Waals surface area contributed by atoms with Crippen LogP contribution in [0.3, 0.4) is 0 Å². The summed E-state index contributed by atoms with van der Waals surface area (Å²) < 4.78 is 0. The van der Waals surface area contributed by atoms with Crippen molar-refractivity contribution < 1.29 is 9.59 Å². The topological polar surface area (TPSA) is 49.4 Å². The second-order valence-electron chi connectivity index (χ2n) is 4.75. The van der Waals surface area contributed by atoms with Gasteiger partial charge in [-0.05, 0) is 28.3 Å². The number of nitrogens with one attached hydrogen (secondary N) is 1. The van der Waals surface area contributed by atoms with Crippen LogP contribution in [0.5, 0.6) is 0 Å². The molecule has 0 aromatic carbocycles. The lowest BCUT2D eigenvalue weighted by molar-refractivity contribution is -0.136. The van der Waals surface area contributed by atoms with E-state index in [4.69, 9.17) is 0 Å². The van der Waals surface area contributed by atoms with Crippen LogP contribution in [0.25, 0.3) is 0 Å². The summed E-state index contributed by atoms with van der Waals surface area (Å²) in [7, 11) is 1.76. The van der Waals surface area contributed by atoms with Gasteiger partial charge in [-0.1, -0.05) is 13.8 Å². The fourth-order valence-corrected chi connectivity index (χ4v) is 2.36. The first kappa shape index (κ1) is 14.7. The Morgan fingerprint density at radius 2 is 2.11 bits per heavy atom. The number of nitrogens with zero attached hydrogens (tertiary/aromatic N) is 1. The van der Waals surface area contributed by atoms with Gasteiger partial charge in [0.15, 0.2) is 0 Å². The van der Waals surface area contributed by atoms with Crippen LogP contribution < -0.4 is 5.32 Å². The molecule has 1 rings (SSSR count). The smallest absolute Gasteiger partial charge is 0.245 e. The molecule has 0 fully saturated rings. The second-order valence-corrected chi connectivity index (χ2v) is 5.53. The van der Waals surface area contributed by atoms with Crippen LogP contribution >= 0.6 is 11.3 Å². The first-order chi connectivity index (χ1) is 8.41. The van der Waals surface area contributed by atoms with Gasteiger partial charge >= 0.3 is 0 Å². The Labute approximate surface area is 112 Å². The minimum atomic E-state index is -0.453. The number of hydrogen-bond donors (Lipinski definition) is 1. The standard InChI is InChI=1S/C13H20N2O2S/c1-9(2)12(14-10(3)16)13(17)15(4)7-11-5-6-18-8-11/h5-6,8-9,12H,7H2,1-4H3,(H,14,16). The first-order valence-corrected chi connectivity index (χ1v) is 6.89. The third-order valence-electron chi connectivity index (χ3n) is 2.67. The highest BCUT2D eigenvalue weighted by Gasteiger charge is 2.25. The predicted molar refractivity (Wildman–Crippen MR) is 73.2 cm³/mol. The highest BCUT2D eigenvalue weighted by molar-refractivity contribution is 7.07. The van der Waals surface area contributed by atoms with Crippen LogP contribution in [-0.2, 0) is 16.1 Å². The minimum Gasteiger partial charge on any atom is -0.344 e. The fourth-order valence-electron chi connectivity index (χ4n) is 1.70. The zero-order valence-electron chi connectivity index (χ0n) is 11.3. The molecule has 0 spiro atoms. The average Bonchev–Trinajstić information content (AvgIpc) is 2.77. The highest BCUT2D eigenvalue weighted by Crippen LogP contribution is 2.11. The Morgan fingerprint density at radius 1 is 1.44 bits per heavy atom. The van der Waals surface area contributed by atoms with Crippen molar-refractivity contribution in [1.29, 1.82) is 0 Å². The summed E-state index contributed by atoms with van der Waals surface area (Å²) in [5.74, 6) is -0.149. The summed E-state index contributed by atoms with van der Waals surface area (Å²) >= 11 is 1.61. The van der Waals surface area contributed by atoms with Gasteiger partial charge in [0.2, 0.25) is 11.8 Å². The summed E-state index contributed by atoms with van der Waals surface area (Å²) in [6, 6.07) is 1.54. The maximum atomic E-state index is 12.3. The van der Waals surface area contributed by atoms with Gasteiger partial charge in [0.25, 0.3) is 0 Å². The van der Waals surface area contributed by atoms with Crippen LogP contribution in [0.4, 0.5) is 0 Å². The van der Waals surface area contributed by atoms with Crippen LogP contribution in [0.1, 0.15) is 26.3 Å². The van der Waals surface area contributed by atoms with Crippen LogP contribution in [0.15, 0.2) is 16.8 Å². The number of carbonyl (C=O) groups is 2. The van der Waals surface area contributed by atoms with Crippen molar-refractivity contribution in [1.82, 2.24) is 10.2 Å². The zero-order chi connectivity index (χ0) is 13.7. The third-order valence-corrected chi connectivity index (χ3v) is 3.40. The fraction of sp³-hybridized carbons (Fsp3) is 0.538. The number of amides is 2. The van der Waals surface area contributed by atoms with Gasteiger partial charge < -0.3 is 10.2 Å². The van der Waals surface area contributed by atoms with E-state index in [1.165, 1.54) is 6.92 Å². The summed E-state index contributed by atoms with van der Waals surface area (Å²) in [4.78, 5) is 25.0. The van der Waals surface area contributed by atoms with E-state index >= 15 is 0 Å². The second kappa shape index (κ2) is 6.54. The van der Waals surface area contributed by atoms with E-state index in [9.17, 15) is 9.59 Å². The molecular weight excluding hydrogens is 248 g/mol. The molecule has 1 N–H and O–H groups in total. The molecule has 1 aromatic rings. The van der Waals surface area contributed by atoms with E-state index < -0.39 is 6.04 Å². The van der Waals surface area contributed by atoms with E-state index in [2.05, 4.69) is 5.32 Å². The molecule has 0 aliphatic rings. The molecule has 4 nitrogen and oxygen atoms in total. The Bertz CT molecular complexity index is 401. The Kier molecular flexibility index (Phi) is 5.34. The molecule has 1 heterocycles. The van der Waals surface area contributed by atoms with Crippen molar-refractivity contribution in [3.8, 4) is 0 Å². The van der Waals surface area contributed by atoms with Gasteiger partial charge in [-0.3, -0.25) is 9.59 Å². The van der Waals surface area contributed by atoms with Gasteiger partial charge in [-0.15, -0.1) is 0 Å². The molecule has 2 amide bonds.